The van der Waals surface area contributed by atoms with Crippen molar-refractivity contribution in [3.63, 3.8) is 0 Å². The quantitative estimate of drug-likeness (QED) is 0.528. The summed E-state index contributed by atoms with van der Waals surface area (Å²) in [6.07, 6.45) is 3.97. The molecule has 0 unspecified atom stereocenters. The molecule has 0 fully saturated rings. The summed E-state index contributed by atoms with van der Waals surface area (Å²) in [4.78, 5) is 11.9. The van der Waals surface area contributed by atoms with Crippen LogP contribution in [0.5, 0.6) is 5.75 Å². The van der Waals surface area contributed by atoms with Crippen LogP contribution in [-0.2, 0) is 4.79 Å². The zero-order valence-electron chi connectivity index (χ0n) is 14.2. The molecule has 132 valence electrons. The van der Waals surface area contributed by atoms with E-state index in [9.17, 15) is 4.79 Å². The molecule has 3 rings (SSSR count). The highest BCUT2D eigenvalue weighted by Gasteiger charge is 2.04. The van der Waals surface area contributed by atoms with Crippen LogP contribution in [0.3, 0.4) is 0 Å². The van der Waals surface area contributed by atoms with Crippen LogP contribution in [0, 0.1) is 0 Å². The number of nitrogens with zero attached hydrogens (tertiary/aromatic N) is 2. The van der Waals surface area contributed by atoms with Crippen LogP contribution in [0.2, 0.25) is 5.02 Å². The van der Waals surface area contributed by atoms with E-state index < -0.39 is 0 Å². The van der Waals surface area contributed by atoms with Crippen LogP contribution in [-0.4, -0.2) is 22.8 Å². The van der Waals surface area contributed by atoms with Gasteiger partial charge in [-0.25, -0.2) is 5.43 Å². The van der Waals surface area contributed by atoms with E-state index in [-0.39, 0.29) is 12.5 Å². The highest BCUT2D eigenvalue weighted by atomic mass is 35.5. The molecule has 0 aliphatic rings. The number of hydrogen-bond acceptors (Lipinski definition) is 3. The SMILES string of the molecule is C/C(=N\NC(=O)COc1ccc(Cl)cc1)c1ccc(-n2cccc2)cc1. The molecule has 1 aromatic heterocycles. The van der Waals surface area contributed by atoms with E-state index in [1.54, 1.807) is 24.3 Å². The van der Waals surface area contributed by atoms with Gasteiger partial charge in [0.2, 0.25) is 0 Å². The number of hydrazone groups is 1. The molecule has 6 heteroatoms. The van der Waals surface area contributed by atoms with E-state index in [1.807, 2.05) is 60.3 Å². The third-order valence-electron chi connectivity index (χ3n) is 3.72. The number of nitrogens with one attached hydrogen (secondary N) is 1. The summed E-state index contributed by atoms with van der Waals surface area (Å²) in [6.45, 7) is 1.72. The molecule has 0 saturated carbocycles. The van der Waals surface area contributed by atoms with Gasteiger partial charge >= 0.3 is 0 Å². The van der Waals surface area contributed by atoms with E-state index in [0.29, 0.717) is 16.5 Å². The molecule has 1 heterocycles. The fraction of sp³-hybridized carbons (Fsp3) is 0.100. The van der Waals surface area contributed by atoms with Crippen molar-refractivity contribution in [3.05, 3.63) is 83.6 Å². The van der Waals surface area contributed by atoms with E-state index in [0.717, 1.165) is 11.3 Å². The van der Waals surface area contributed by atoms with Crippen molar-refractivity contribution in [1.82, 2.24) is 9.99 Å². The van der Waals surface area contributed by atoms with Crippen molar-refractivity contribution in [2.75, 3.05) is 6.61 Å². The smallest absolute Gasteiger partial charge is 0.277 e. The van der Waals surface area contributed by atoms with Crippen molar-refractivity contribution >= 4 is 23.2 Å². The Morgan fingerprint density at radius 1 is 1.08 bits per heavy atom. The molecule has 0 aliphatic carbocycles. The highest BCUT2D eigenvalue weighted by Crippen LogP contribution is 2.15. The van der Waals surface area contributed by atoms with Gasteiger partial charge in [0, 0.05) is 23.1 Å². The van der Waals surface area contributed by atoms with Crippen LogP contribution >= 0.6 is 11.6 Å². The number of ether oxygens (including phenoxy) is 1. The maximum absolute atomic E-state index is 11.9. The van der Waals surface area contributed by atoms with Gasteiger partial charge in [-0.05, 0) is 61.0 Å². The number of carbonyl (C=O) groups excluding carboxylic acids is 1. The molecular formula is C20H18ClN3O2. The van der Waals surface area contributed by atoms with Crippen LogP contribution in [0.25, 0.3) is 5.69 Å². The van der Waals surface area contributed by atoms with Crippen molar-refractivity contribution in [2.24, 2.45) is 5.10 Å². The number of benzene rings is 2. The summed E-state index contributed by atoms with van der Waals surface area (Å²) < 4.78 is 7.40. The molecule has 0 radical (unpaired) electrons. The third kappa shape index (κ3) is 4.74. The second kappa shape index (κ2) is 8.36. The minimum Gasteiger partial charge on any atom is -0.484 e. The van der Waals surface area contributed by atoms with Crippen molar-refractivity contribution in [2.45, 2.75) is 6.92 Å². The molecule has 0 aliphatic heterocycles. The molecule has 26 heavy (non-hydrogen) atoms. The van der Waals surface area contributed by atoms with E-state index in [4.69, 9.17) is 16.3 Å². The molecular weight excluding hydrogens is 350 g/mol. The van der Waals surface area contributed by atoms with Crippen LogP contribution in [0.4, 0.5) is 0 Å². The van der Waals surface area contributed by atoms with Crippen molar-refractivity contribution in [3.8, 4) is 11.4 Å². The van der Waals surface area contributed by atoms with Crippen LogP contribution < -0.4 is 10.2 Å². The zero-order chi connectivity index (χ0) is 18.4. The zero-order valence-corrected chi connectivity index (χ0v) is 15.0. The maximum atomic E-state index is 11.9. The first-order valence-electron chi connectivity index (χ1n) is 8.07. The minimum atomic E-state index is -0.330. The first kappa shape index (κ1) is 17.8. The van der Waals surface area contributed by atoms with E-state index in [2.05, 4.69) is 10.5 Å². The fourth-order valence-corrected chi connectivity index (χ4v) is 2.43. The largest absolute Gasteiger partial charge is 0.484 e. The standard InChI is InChI=1S/C20H18ClN3O2/c1-15(16-4-8-18(9-5-16)24-12-2-3-13-24)22-23-20(25)14-26-19-10-6-17(21)7-11-19/h2-13H,14H2,1H3,(H,23,25)/b22-15+. The number of halogens is 1. The molecule has 0 saturated heterocycles. The Bertz CT molecular complexity index is 886. The summed E-state index contributed by atoms with van der Waals surface area (Å²) in [7, 11) is 0. The summed E-state index contributed by atoms with van der Waals surface area (Å²) in [6, 6.07) is 18.7. The van der Waals surface area contributed by atoms with Gasteiger partial charge in [0.25, 0.3) is 5.91 Å². The Morgan fingerprint density at radius 2 is 1.73 bits per heavy atom. The first-order valence-corrected chi connectivity index (χ1v) is 8.45. The van der Waals surface area contributed by atoms with Gasteiger partial charge in [-0.1, -0.05) is 23.7 Å². The lowest BCUT2D eigenvalue weighted by atomic mass is 10.1. The first-order chi connectivity index (χ1) is 12.6. The molecule has 0 atom stereocenters. The minimum absolute atomic E-state index is 0.120. The number of aromatic nitrogens is 1. The average Bonchev–Trinajstić information content (AvgIpc) is 3.20. The second-order valence-electron chi connectivity index (χ2n) is 5.61. The molecule has 5 nitrogen and oxygen atoms in total. The lowest BCUT2D eigenvalue weighted by Crippen LogP contribution is -2.25. The summed E-state index contributed by atoms with van der Waals surface area (Å²) in [5, 5.41) is 4.74. The number of amides is 1. The Balaban J connectivity index is 1.54. The van der Waals surface area contributed by atoms with Gasteiger partial charge in [-0.15, -0.1) is 0 Å². The molecule has 3 aromatic rings. The summed E-state index contributed by atoms with van der Waals surface area (Å²) >= 11 is 5.80. The highest BCUT2D eigenvalue weighted by molar-refractivity contribution is 6.30. The summed E-state index contributed by atoms with van der Waals surface area (Å²) in [5.74, 6) is 0.245. The molecule has 1 amide bonds. The monoisotopic (exact) mass is 367 g/mol. The number of hydrogen-bond donors (Lipinski definition) is 1. The fourth-order valence-electron chi connectivity index (χ4n) is 2.30. The van der Waals surface area contributed by atoms with Crippen LogP contribution in [0.1, 0.15) is 12.5 Å². The Labute approximate surface area is 156 Å². The van der Waals surface area contributed by atoms with E-state index in [1.165, 1.54) is 0 Å². The van der Waals surface area contributed by atoms with Crippen molar-refractivity contribution < 1.29 is 9.53 Å². The Hall–Kier alpha value is -3.05. The normalized spacial score (nSPS) is 11.2. The number of rotatable bonds is 6. The van der Waals surface area contributed by atoms with Crippen molar-refractivity contribution in [1.29, 1.82) is 0 Å². The molecule has 2 aromatic carbocycles. The van der Waals surface area contributed by atoms with Gasteiger partial charge in [-0.2, -0.15) is 5.10 Å². The predicted molar refractivity (Wildman–Crippen MR) is 103 cm³/mol. The predicted octanol–water partition coefficient (Wildman–Crippen LogP) is 4.05. The lowest BCUT2D eigenvalue weighted by molar-refractivity contribution is -0.123. The topological polar surface area (TPSA) is 55.6 Å². The maximum Gasteiger partial charge on any atom is 0.277 e. The third-order valence-corrected chi connectivity index (χ3v) is 3.97. The molecule has 0 bridgehead atoms. The van der Waals surface area contributed by atoms with Crippen LogP contribution in [0.15, 0.2) is 78.2 Å². The second-order valence-corrected chi connectivity index (χ2v) is 6.05. The average molecular weight is 368 g/mol. The summed E-state index contributed by atoms with van der Waals surface area (Å²) in [5.41, 5.74) is 5.20. The molecule has 1 N–H and O–H groups in total. The van der Waals surface area contributed by atoms with E-state index >= 15 is 0 Å². The van der Waals surface area contributed by atoms with Gasteiger partial charge in [-0.3, -0.25) is 4.79 Å². The van der Waals surface area contributed by atoms with Gasteiger partial charge < -0.3 is 9.30 Å². The number of carbonyl (C=O) groups is 1. The Kier molecular flexibility index (Phi) is 5.71. The van der Waals surface area contributed by atoms with Gasteiger partial charge in [0.05, 0.1) is 5.71 Å². The van der Waals surface area contributed by atoms with Gasteiger partial charge in [0.15, 0.2) is 6.61 Å². The Morgan fingerprint density at radius 3 is 2.38 bits per heavy atom. The lowest BCUT2D eigenvalue weighted by Gasteiger charge is -2.07. The molecule has 0 spiro atoms. The van der Waals surface area contributed by atoms with Gasteiger partial charge in [0.1, 0.15) is 5.75 Å².